The molecule has 0 aliphatic rings. The summed E-state index contributed by atoms with van der Waals surface area (Å²) in [6.45, 7) is 3.61. The van der Waals surface area contributed by atoms with E-state index in [4.69, 9.17) is 11.6 Å². The van der Waals surface area contributed by atoms with E-state index in [0.717, 1.165) is 11.8 Å². The van der Waals surface area contributed by atoms with Gasteiger partial charge in [0.2, 0.25) is 0 Å². The van der Waals surface area contributed by atoms with Gasteiger partial charge in [-0.25, -0.2) is 14.9 Å². The number of H-pyrrole nitrogens is 1. The van der Waals surface area contributed by atoms with Crippen LogP contribution in [0.3, 0.4) is 0 Å². The predicted octanol–water partition coefficient (Wildman–Crippen LogP) is 2.26. The molecule has 2 heterocycles. The number of hydrogen-bond donors (Lipinski definition) is 1. The van der Waals surface area contributed by atoms with Crippen LogP contribution in [-0.4, -0.2) is 24.7 Å². The molecule has 8 nitrogen and oxygen atoms in total. The lowest BCUT2D eigenvalue weighted by molar-refractivity contribution is -0.388. The predicted molar refractivity (Wildman–Crippen MR) is 73.3 cm³/mol. The highest BCUT2D eigenvalue weighted by molar-refractivity contribution is 7.99. The molecule has 2 aromatic rings. The molecule has 0 saturated carbocycles. The van der Waals surface area contributed by atoms with Crippen LogP contribution < -0.4 is 5.69 Å². The number of nitrogens with zero attached hydrogens (tertiary/aromatic N) is 4. The first-order valence-corrected chi connectivity index (χ1v) is 6.75. The molecule has 2 rings (SSSR count). The minimum absolute atomic E-state index is 0.0865. The first kappa shape index (κ1) is 14.5. The Morgan fingerprint density at radius 2 is 2.20 bits per heavy atom. The fraction of sp³-hybridized carbons (Fsp3) is 0.300. The van der Waals surface area contributed by atoms with Crippen molar-refractivity contribution in [1.82, 2.24) is 19.7 Å². The summed E-state index contributed by atoms with van der Waals surface area (Å²) in [5, 5.41) is 17.6. The Morgan fingerprint density at radius 1 is 1.50 bits per heavy atom. The highest BCUT2D eigenvalue weighted by atomic mass is 35.5. The molecule has 106 valence electrons. The molecule has 0 aromatic carbocycles. The van der Waals surface area contributed by atoms with E-state index >= 15 is 0 Å². The van der Waals surface area contributed by atoms with Crippen molar-refractivity contribution in [2.24, 2.45) is 0 Å². The maximum absolute atomic E-state index is 11.6. The first-order chi connectivity index (χ1) is 9.40. The second kappa shape index (κ2) is 5.63. The molecule has 20 heavy (non-hydrogen) atoms. The Morgan fingerprint density at radius 3 is 2.80 bits per heavy atom. The molecule has 0 amide bonds. The van der Waals surface area contributed by atoms with Crippen LogP contribution in [0.15, 0.2) is 27.1 Å². The summed E-state index contributed by atoms with van der Waals surface area (Å²) in [4.78, 5) is 25.9. The Hall–Kier alpha value is -1.87. The lowest BCUT2D eigenvalue weighted by atomic mass is 10.4. The van der Waals surface area contributed by atoms with Gasteiger partial charge >= 0.3 is 11.4 Å². The summed E-state index contributed by atoms with van der Waals surface area (Å²) in [6, 6.07) is 2.47. The van der Waals surface area contributed by atoms with Gasteiger partial charge in [-0.15, -0.1) is 5.10 Å². The third kappa shape index (κ3) is 2.83. The average Bonchev–Trinajstić information content (AvgIpc) is 2.70. The topological polar surface area (TPSA) is 107 Å². The fourth-order valence-electron chi connectivity index (χ4n) is 1.53. The maximum Gasteiger partial charge on any atom is 0.344 e. The second-order valence-corrected chi connectivity index (χ2v) is 5.44. The van der Waals surface area contributed by atoms with E-state index in [9.17, 15) is 14.9 Å². The van der Waals surface area contributed by atoms with Crippen LogP contribution in [0.5, 0.6) is 0 Å². The highest BCUT2D eigenvalue weighted by Crippen LogP contribution is 2.33. The number of aromatic nitrogens is 4. The number of rotatable bonds is 4. The van der Waals surface area contributed by atoms with Crippen LogP contribution >= 0.6 is 23.4 Å². The van der Waals surface area contributed by atoms with E-state index in [1.165, 1.54) is 16.7 Å². The Bertz CT molecular complexity index is 711. The van der Waals surface area contributed by atoms with Crippen molar-refractivity contribution >= 4 is 29.1 Å². The summed E-state index contributed by atoms with van der Waals surface area (Å²) in [7, 11) is 0. The van der Waals surface area contributed by atoms with Gasteiger partial charge in [-0.1, -0.05) is 11.6 Å². The summed E-state index contributed by atoms with van der Waals surface area (Å²) < 4.78 is 1.39. The van der Waals surface area contributed by atoms with Gasteiger partial charge in [0.05, 0.1) is 4.92 Å². The highest BCUT2D eigenvalue weighted by Gasteiger charge is 2.21. The van der Waals surface area contributed by atoms with Gasteiger partial charge in [0.15, 0.2) is 10.2 Å². The molecule has 0 saturated heterocycles. The normalized spacial score (nSPS) is 11.0. The van der Waals surface area contributed by atoms with E-state index in [1.54, 1.807) is 13.8 Å². The molecule has 0 radical (unpaired) electrons. The van der Waals surface area contributed by atoms with Crippen molar-refractivity contribution in [2.45, 2.75) is 30.1 Å². The molecule has 0 unspecified atom stereocenters. The van der Waals surface area contributed by atoms with Gasteiger partial charge in [-0.05, 0) is 31.7 Å². The molecule has 0 spiro atoms. The Kier molecular flexibility index (Phi) is 4.09. The van der Waals surface area contributed by atoms with Crippen LogP contribution in [0.4, 0.5) is 5.69 Å². The number of nitro groups is 1. The SMILES string of the molecule is CC(C)n1c(Sc2nc(Cl)ccc2[N+](=O)[O-])n[nH]c1=O. The molecule has 2 aromatic heterocycles. The van der Waals surface area contributed by atoms with Gasteiger partial charge in [0.25, 0.3) is 0 Å². The number of aromatic amines is 1. The zero-order valence-corrected chi connectivity index (χ0v) is 12.1. The van der Waals surface area contributed by atoms with Crippen molar-refractivity contribution in [3.8, 4) is 0 Å². The maximum atomic E-state index is 11.6. The third-order valence-electron chi connectivity index (χ3n) is 2.38. The fourth-order valence-corrected chi connectivity index (χ4v) is 2.77. The molecule has 0 aliphatic carbocycles. The van der Waals surface area contributed by atoms with Crippen LogP contribution in [0.25, 0.3) is 0 Å². The summed E-state index contributed by atoms with van der Waals surface area (Å²) in [5.74, 6) is 0. The van der Waals surface area contributed by atoms with Crippen molar-refractivity contribution in [3.63, 3.8) is 0 Å². The molecule has 0 atom stereocenters. The van der Waals surface area contributed by atoms with E-state index < -0.39 is 4.92 Å². The minimum Gasteiger partial charge on any atom is -0.267 e. The van der Waals surface area contributed by atoms with Crippen LogP contribution in [-0.2, 0) is 0 Å². The summed E-state index contributed by atoms with van der Waals surface area (Å²) >= 11 is 6.67. The van der Waals surface area contributed by atoms with E-state index in [0.29, 0.717) is 5.16 Å². The lowest BCUT2D eigenvalue weighted by Gasteiger charge is -2.08. The Labute approximate surface area is 122 Å². The quantitative estimate of drug-likeness (QED) is 0.527. The molecule has 10 heteroatoms. The number of hydrogen-bond acceptors (Lipinski definition) is 6. The van der Waals surface area contributed by atoms with Gasteiger partial charge < -0.3 is 0 Å². The Balaban J connectivity index is 2.47. The van der Waals surface area contributed by atoms with Crippen LogP contribution in [0, 0.1) is 10.1 Å². The first-order valence-electron chi connectivity index (χ1n) is 5.56. The third-order valence-corrected chi connectivity index (χ3v) is 3.55. The molecule has 0 bridgehead atoms. The molecule has 0 aliphatic heterocycles. The summed E-state index contributed by atoms with van der Waals surface area (Å²) in [6.07, 6.45) is 0. The van der Waals surface area contributed by atoms with Gasteiger partial charge in [-0.3, -0.25) is 14.7 Å². The number of halogens is 1. The molecule has 0 fully saturated rings. The standard InChI is InChI=1S/C10H10ClN5O3S/c1-5(2)15-9(17)13-14-10(15)20-8-6(16(18)19)3-4-7(11)12-8/h3-5H,1-2H3,(H,13,17). The minimum atomic E-state index is -0.559. The van der Waals surface area contributed by atoms with Crippen molar-refractivity contribution in [3.05, 3.63) is 37.9 Å². The monoisotopic (exact) mass is 315 g/mol. The van der Waals surface area contributed by atoms with Crippen LogP contribution in [0.1, 0.15) is 19.9 Å². The average molecular weight is 316 g/mol. The van der Waals surface area contributed by atoms with E-state index in [1.807, 2.05) is 0 Å². The largest absolute Gasteiger partial charge is 0.344 e. The van der Waals surface area contributed by atoms with Crippen molar-refractivity contribution in [2.75, 3.05) is 0 Å². The van der Waals surface area contributed by atoms with Gasteiger partial charge in [0.1, 0.15) is 5.15 Å². The smallest absolute Gasteiger partial charge is 0.267 e. The second-order valence-electron chi connectivity index (χ2n) is 4.09. The van der Waals surface area contributed by atoms with Gasteiger partial charge in [0, 0.05) is 12.1 Å². The van der Waals surface area contributed by atoms with E-state index in [-0.39, 0.29) is 27.6 Å². The molecular weight excluding hydrogens is 306 g/mol. The zero-order chi connectivity index (χ0) is 14.9. The van der Waals surface area contributed by atoms with Gasteiger partial charge in [-0.2, -0.15) is 0 Å². The van der Waals surface area contributed by atoms with Crippen molar-refractivity contribution in [1.29, 1.82) is 0 Å². The van der Waals surface area contributed by atoms with Crippen molar-refractivity contribution < 1.29 is 4.92 Å². The number of pyridine rings is 1. The number of nitrogens with one attached hydrogen (secondary N) is 1. The zero-order valence-electron chi connectivity index (χ0n) is 10.5. The van der Waals surface area contributed by atoms with Crippen LogP contribution in [0.2, 0.25) is 5.15 Å². The van der Waals surface area contributed by atoms with E-state index in [2.05, 4.69) is 15.2 Å². The lowest BCUT2D eigenvalue weighted by Crippen LogP contribution is -2.19. The molecular formula is C10H10ClN5O3S. The summed E-state index contributed by atoms with van der Waals surface area (Å²) in [5.41, 5.74) is -0.572. The molecule has 1 N–H and O–H groups in total.